The molecule has 316 valence electrons. The van der Waals surface area contributed by atoms with E-state index < -0.39 is 317 Å². The zero-order valence-electron chi connectivity index (χ0n) is 66.7. The fourth-order valence-electron chi connectivity index (χ4n) is 9.42. The molecular weight excluding hydrogens is 836 g/mol. The van der Waals surface area contributed by atoms with Gasteiger partial charge in [0.1, 0.15) is 5.58 Å². The van der Waals surface area contributed by atoms with Crippen molar-refractivity contribution >= 4 is 139 Å². The van der Waals surface area contributed by atoms with Crippen molar-refractivity contribution in [3.63, 3.8) is 0 Å². The van der Waals surface area contributed by atoms with Crippen LogP contribution in [0, 0.1) is 0 Å². The van der Waals surface area contributed by atoms with E-state index in [2.05, 4.69) is 0 Å². The molecule has 0 saturated carbocycles. The van der Waals surface area contributed by atoms with E-state index in [1.165, 1.54) is 0 Å². The van der Waals surface area contributed by atoms with Gasteiger partial charge in [0.15, 0.2) is 0 Å². The van der Waals surface area contributed by atoms with Crippen molar-refractivity contribution in [3.8, 4) is 5.69 Å². The molecule has 3 aliphatic rings. The molecule has 0 atom stereocenters. The SMILES string of the molecule is [2H]c1c([2H])c([2H])c(N(c2c([2H])c([2H])c([2H])c([2H])c2[2H])c2c([2H])c3c4c(c2[2H])N2c5c(c([2H])c([2H])c([2H])c5-n5c6c([2H])c([2H])c([2H])c([2H])c6c6c([2H])c([2H])c([2H])c2c65)B4c2oc4c([2H])c([2H])c(C(C)(C)C)c([2H])c4c2N3c2c([2H])c([2H])c3sc4c([2H])c([2H])c([2H])c([2H])c4c3c2[2H])c([2H])c1[2H]. The number of anilines is 9. The monoisotopic (exact) mass is 909 g/mol. The fourth-order valence-corrected chi connectivity index (χ4v) is 10.3. The summed E-state index contributed by atoms with van der Waals surface area (Å²) in [4.78, 5) is 2.32. The van der Waals surface area contributed by atoms with E-state index in [1.54, 1.807) is 20.8 Å². The lowest BCUT2D eigenvalue weighted by Crippen LogP contribution is -2.61. The summed E-state index contributed by atoms with van der Waals surface area (Å²) in [6, 6.07) is -29.6. The van der Waals surface area contributed by atoms with E-state index in [9.17, 15) is 28.8 Å². The van der Waals surface area contributed by atoms with Crippen LogP contribution in [0.4, 0.5) is 51.2 Å². The number of hydrogen-bond donors (Lipinski definition) is 0. The molecule has 0 aliphatic carbocycles. The molecule has 0 saturated heterocycles. The van der Waals surface area contributed by atoms with Crippen molar-refractivity contribution in [2.45, 2.75) is 26.2 Å². The number of nitrogens with zero attached hydrogens (tertiary/aromatic N) is 4. The molecule has 0 unspecified atom stereocenters. The molecule has 0 spiro atoms. The summed E-state index contributed by atoms with van der Waals surface area (Å²) in [5, 5.41) is -2.12. The lowest BCUT2D eigenvalue weighted by molar-refractivity contribution is 0.590. The second-order valence-corrected chi connectivity index (χ2v) is 17.9. The molecule has 0 amide bonds. The van der Waals surface area contributed by atoms with Crippen LogP contribution in [0.5, 0.6) is 0 Å². The quantitative estimate of drug-likeness (QED) is 0.165. The van der Waals surface area contributed by atoms with Crippen LogP contribution in [0.15, 0.2) is 198 Å². The van der Waals surface area contributed by atoms with Crippen LogP contribution in [-0.4, -0.2) is 11.3 Å². The summed E-state index contributed by atoms with van der Waals surface area (Å²) < 4.78 is 314. The highest BCUT2D eigenvalue weighted by Crippen LogP contribution is 2.55. The number of benzene rings is 9. The number of hydrogen-bond acceptors (Lipinski definition) is 5. The first-order valence-electron chi connectivity index (χ1n) is 36.6. The van der Waals surface area contributed by atoms with Gasteiger partial charge >= 0.3 is 0 Å². The zero-order chi connectivity index (χ0) is 72.1. The molecule has 12 aromatic rings. The maximum atomic E-state index is 11.2. The Bertz CT molecular complexity index is 5870. The average Bonchev–Trinajstić information content (AvgIpc) is 1.63. The number of fused-ring (bicyclic) bond motifs is 14. The summed E-state index contributed by atoms with van der Waals surface area (Å²) >= 11 is 0.632. The molecule has 3 aliphatic heterocycles. The van der Waals surface area contributed by atoms with Gasteiger partial charge in [0, 0.05) is 64.8 Å². The first-order valence-corrected chi connectivity index (χ1v) is 21.4. The fraction of sp³-hybridized carbons (Fsp3) is 0.0667. The predicted molar refractivity (Wildman–Crippen MR) is 284 cm³/mol. The summed E-state index contributed by atoms with van der Waals surface area (Å²) in [6.45, 7) is 2.78. The molecule has 15 rings (SSSR count). The number of furan rings is 1. The molecule has 0 N–H and O–H groups in total. The topological polar surface area (TPSA) is 27.8 Å². The van der Waals surface area contributed by atoms with Gasteiger partial charge in [-0.1, -0.05) is 123 Å². The molecule has 5 nitrogen and oxygen atoms in total. The molecule has 3 aromatic heterocycles. The van der Waals surface area contributed by atoms with Gasteiger partial charge in [0.05, 0.1) is 89.0 Å². The minimum Gasteiger partial charge on any atom is -0.468 e. The first-order chi connectivity index (χ1) is 46.2. The second-order valence-electron chi connectivity index (χ2n) is 16.8. The van der Waals surface area contributed by atoms with Crippen LogP contribution in [0.25, 0.3) is 58.6 Å². The van der Waals surface area contributed by atoms with Gasteiger partial charge in [-0.15, -0.1) is 11.3 Å². The highest BCUT2D eigenvalue weighted by molar-refractivity contribution is 7.25. The van der Waals surface area contributed by atoms with E-state index in [0.29, 0.717) is 16.2 Å². The maximum Gasteiger partial charge on any atom is 0.297 e. The van der Waals surface area contributed by atoms with Crippen LogP contribution >= 0.6 is 11.3 Å². The minimum atomic E-state index is -2.05. The van der Waals surface area contributed by atoms with E-state index >= 15 is 0 Å². The summed E-state index contributed by atoms with van der Waals surface area (Å²) in [5.41, 5.74) is -12.6. The highest BCUT2D eigenvalue weighted by Gasteiger charge is 2.49. The van der Waals surface area contributed by atoms with Crippen LogP contribution < -0.4 is 31.3 Å². The van der Waals surface area contributed by atoms with Crippen molar-refractivity contribution in [2.75, 3.05) is 14.7 Å². The van der Waals surface area contributed by atoms with Crippen LogP contribution in [0.3, 0.4) is 0 Å². The van der Waals surface area contributed by atoms with Gasteiger partial charge in [-0.2, -0.15) is 0 Å². The first kappa shape index (κ1) is 18.0. The van der Waals surface area contributed by atoms with Gasteiger partial charge in [-0.05, 0) is 113 Å². The average molecular weight is 909 g/mol. The summed E-state index contributed by atoms with van der Waals surface area (Å²) in [7, 11) is 0. The Morgan fingerprint density at radius 1 is 0.522 bits per heavy atom. The summed E-state index contributed by atoms with van der Waals surface area (Å²) in [5.74, 6) is 0. The van der Waals surface area contributed by atoms with Gasteiger partial charge < -0.3 is 23.7 Å². The third-order valence-electron chi connectivity index (χ3n) is 12.2. The molecule has 9 aromatic carbocycles. The van der Waals surface area contributed by atoms with Crippen LogP contribution in [0.2, 0.25) is 0 Å². The Balaban J connectivity index is 1.29. The van der Waals surface area contributed by atoms with Crippen molar-refractivity contribution in [2.24, 2.45) is 0 Å². The van der Waals surface area contributed by atoms with Crippen molar-refractivity contribution in [3.05, 3.63) is 199 Å². The van der Waals surface area contributed by atoms with Crippen molar-refractivity contribution in [1.29, 1.82) is 0 Å². The molecule has 6 heterocycles. The van der Waals surface area contributed by atoms with E-state index in [1.807, 2.05) is 0 Å². The third kappa shape index (κ3) is 5.04. The van der Waals surface area contributed by atoms with E-state index in [0.717, 1.165) is 14.4 Å². The van der Waals surface area contributed by atoms with Crippen LogP contribution in [-0.2, 0) is 5.41 Å². The molecule has 0 radical (unpaired) electrons. The summed E-state index contributed by atoms with van der Waals surface area (Å²) in [6.07, 6.45) is 0. The molecule has 7 heteroatoms. The van der Waals surface area contributed by atoms with Crippen molar-refractivity contribution < 1.29 is 48.3 Å². The lowest BCUT2D eigenvalue weighted by atomic mass is 9.35. The maximum absolute atomic E-state index is 11.2. The molecule has 0 fully saturated rings. The Kier molecular flexibility index (Phi) is 3.58. The van der Waals surface area contributed by atoms with Gasteiger partial charge in [-0.3, -0.25) is 0 Å². The smallest absolute Gasteiger partial charge is 0.297 e. The second kappa shape index (κ2) is 13.3. The van der Waals surface area contributed by atoms with Gasteiger partial charge in [0.25, 0.3) is 6.71 Å². The Hall–Kier alpha value is -8.00. The van der Waals surface area contributed by atoms with Gasteiger partial charge in [-0.25, -0.2) is 0 Å². The Morgan fingerprint density at radius 3 is 1.99 bits per heavy atom. The van der Waals surface area contributed by atoms with Crippen molar-refractivity contribution in [1.82, 2.24) is 4.57 Å². The standard InChI is InChI=1S/C60H41BN4OS/c1-60(2,3)36-28-30-52-45(32-36)57-59(66-52)61-46-23-15-26-49-58(46)65(48-25-14-22-43-41-20-10-12-24-47(41)64(49)56(43)48)51-35-40(62(37-16-6-4-7-17-37)38-18-8-5-9-19-38)34-50(55(51)61)63(57)39-29-31-54-44(33-39)42-21-11-13-27-53(42)67-54/h4-35H,1-3H3/i4D,5D,6D,7D,8D,9D,10D,11D,12D,13D,14D,15D,16D,17D,18D,19D,20D,21D,22D,23D,24D,25D,26D,27D,28D,29D,30D,31D,32D,33D,34D,35D. The third-order valence-corrected chi connectivity index (χ3v) is 13.2. The molecule has 67 heavy (non-hydrogen) atoms. The van der Waals surface area contributed by atoms with Gasteiger partial charge in [0.2, 0.25) is 0 Å². The molecular formula is C60H41BN4OS. The zero-order valence-corrected chi connectivity index (χ0v) is 35.5. The minimum absolute atomic E-state index is 0.140. The van der Waals surface area contributed by atoms with E-state index in [4.69, 9.17) is 19.5 Å². The Morgan fingerprint density at radius 2 is 1.19 bits per heavy atom. The number of para-hydroxylation sites is 5. The number of rotatable bonds is 4. The molecule has 0 bridgehead atoms. The van der Waals surface area contributed by atoms with Crippen LogP contribution in [0.1, 0.15) is 70.2 Å². The predicted octanol–water partition coefficient (Wildman–Crippen LogP) is 15.1. The number of thiophene rings is 1. The lowest BCUT2D eigenvalue weighted by Gasteiger charge is -2.45. The van der Waals surface area contributed by atoms with E-state index in [-0.39, 0.29) is 20.3 Å². The Labute approximate surface area is 437 Å². The normalized spacial score (nSPS) is 20.2. The number of aromatic nitrogens is 1. The largest absolute Gasteiger partial charge is 0.468 e. The highest BCUT2D eigenvalue weighted by atomic mass is 32.1.